The molecule has 112 valence electrons. The Balaban J connectivity index is 2.35. The normalized spacial score (nSPS) is 19.6. The highest BCUT2D eigenvalue weighted by Crippen LogP contribution is 2.12. The van der Waals surface area contributed by atoms with Gasteiger partial charge in [0.2, 0.25) is 0 Å². The van der Waals surface area contributed by atoms with E-state index in [-0.39, 0.29) is 6.09 Å². The number of aliphatic hydroxyl groups excluding tert-OH is 1. The quantitative estimate of drug-likeness (QED) is 0.755. The number of aliphatic hydroxyl groups is 1. The van der Waals surface area contributed by atoms with Crippen LogP contribution in [0.5, 0.6) is 0 Å². The van der Waals surface area contributed by atoms with Crippen molar-refractivity contribution in [3.8, 4) is 0 Å². The van der Waals surface area contributed by atoms with Gasteiger partial charge in [-0.25, -0.2) is 4.79 Å². The monoisotopic (exact) mass is 273 g/mol. The smallest absolute Gasteiger partial charge is 0.410 e. The van der Waals surface area contributed by atoms with Crippen molar-refractivity contribution in [1.82, 2.24) is 14.7 Å². The molecule has 1 aliphatic rings. The SMILES string of the molecule is CN(C)C(O)CN1CCN(C(=O)OC(C)(C)C)CC1. The van der Waals surface area contributed by atoms with Crippen LogP contribution in [0.2, 0.25) is 0 Å². The molecule has 0 bridgehead atoms. The summed E-state index contributed by atoms with van der Waals surface area (Å²) in [7, 11) is 3.70. The third-order valence-corrected chi connectivity index (χ3v) is 3.04. The van der Waals surface area contributed by atoms with E-state index in [2.05, 4.69) is 4.90 Å². The predicted molar refractivity (Wildman–Crippen MR) is 73.9 cm³/mol. The maximum atomic E-state index is 11.9. The minimum atomic E-state index is -0.465. The molecule has 0 aromatic heterocycles. The Labute approximate surface area is 115 Å². The third-order valence-electron chi connectivity index (χ3n) is 3.04. The van der Waals surface area contributed by atoms with E-state index in [1.165, 1.54) is 0 Å². The number of likely N-dealkylation sites (N-methyl/N-ethyl adjacent to an activating group) is 1. The van der Waals surface area contributed by atoms with Gasteiger partial charge in [-0.05, 0) is 34.9 Å². The Morgan fingerprint density at radius 3 is 2.21 bits per heavy atom. The fourth-order valence-corrected chi connectivity index (χ4v) is 1.83. The van der Waals surface area contributed by atoms with E-state index in [0.29, 0.717) is 19.6 Å². The topological polar surface area (TPSA) is 56.2 Å². The standard InChI is InChI=1S/C13H27N3O3/c1-13(2,3)19-12(18)16-8-6-15(7-9-16)10-11(17)14(4)5/h11,17H,6-10H2,1-5H3. The Morgan fingerprint density at radius 2 is 1.79 bits per heavy atom. The second kappa shape index (κ2) is 6.54. The summed E-state index contributed by atoms with van der Waals surface area (Å²) in [5.74, 6) is 0. The van der Waals surface area contributed by atoms with Gasteiger partial charge in [0, 0.05) is 32.7 Å². The van der Waals surface area contributed by atoms with Gasteiger partial charge in [-0.3, -0.25) is 9.80 Å². The van der Waals surface area contributed by atoms with Crippen LogP contribution in [0.3, 0.4) is 0 Å². The molecule has 1 heterocycles. The van der Waals surface area contributed by atoms with Crippen molar-refractivity contribution in [1.29, 1.82) is 0 Å². The maximum absolute atomic E-state index is 11.9. The van der Waals surface area contributed by atoms with E-state index in [1.807, 2.05) is 34.9 Å². The molecule has 1 saturated heterocycles. The molecule has 6 nitrogen and oxygen atoms in total. The van der Waals surface area contributed by atoms with Gasteiger partial charge in [-0.2, -0.15) is 0 Å². The number of hydrogen-bond acceptors (Lipinski definition) is 5. The molecule has 0 aromatic carbocycles. The van der Waals surface area contributed by atoms with Crippen molar-refractivity contribution in [2.45, 2.75) is 32.6 Å². The minimum Gasteiger partial charge on any atom is -0.444 e. The number of amides is 1. The Bertz CT molecular complexity index is 294. The van der Waals surface area contributed by atoms with Gasteiger partial charge in [-0.15, -0.1) is 0 Å². The number of ether oxygens (including phenoxy) is 1. The first kappa shape index (κ1) is 16.2. The van der Waals surface area contributed by atoms with Crippen LogP contribution in [0.4, 0.5) is 4.79 Å². The zero-order chi connectivity index (χ0) is 14.6. The van der Waals surface area contributed by atoms with Crippen LogP contribution in [0, 0.1) is 0 Å². The lowest BCUT2D eigenvalue weighted by atomic mass is 10.2. The molecule has 0 saturated carbocycles. The predicted octanol–water partition coefficient (Wildman–Crippen LogP) is 0.419. The average molecular weight is 273 g/mol. The number of β-amino-alcohol motifs (C(OH)–C–C–N with tert-alkyl or cyclic N) is 1. The lowest BCUT2D eigenvalue weighted by Crippen LogP contribution is -2.52. The second-order valence-electron chi connectivity index (χ2n) is 6.21. The van der Waals surface area contributed by atoms with E-state index >= 15 is 0 Å². The highest BCUT2D eigenvalue weighted by atomic mass is 16.6. The highest BCUT2D eigenvalue weighted by Gasteiger charge is 2.26. The molecule has 1 amide bonds. The van der Waals surface area contributed by atoms with Gasteiger partial charge < -0.3 is 14.7 Å². The fourth-order valence-electron chi connectivity index (χ4n) is 1.83. The van der Waals surface area contributed by atoms with Gasteiger partial charge in [0.25, 0.3) is 0 Å². The number of carbonyl (C=O) groups is 1. The lowest BCUT2D eigenvalue weighted by Gasteiger charge is -2.37. The first-order valence-corrected chi connectivity index (χ1v) is 6.74. The molecular formula is C13H27N3O3. The van der Waals surface area contributed by atoms with Crippen molar-refractivity contribution >= 4 is 6.09 Å². The van der Waals surface area contributed by atoms with Crippen LogP contribution in [-0.4, -0.2) is 84.5 Å². The summed E-state index contributed by atoms with van der Waals surface area (Å²) < 4.78 is 5.34. The molecule has 6 heteroatoms. The second-order valence-corrected chi connectivity index (χ2v) is 6.21. The summed E-state index contributed by atoms with van der Waals surface area (Å²) in [5, 5.41) is 9.79. The largest absolute Gasteiger partial charge is 0.444 e. The summed E-state index contributed by atoms with van der Waals surface area (Å²) in [6.45, 7) is 9.05. The molecule has 1 unspecified atom stereocenters. The summed E-state index contributed by atoms with van der Waals surface area (Å²) in [4.78, 5) is 17.5. The molecule has 1 atom stereocenters. The number of rotatable bonds is 3. The molecule has 0 radical (unpaired) electrons. The van der Waals surface area contributed by atoms with E-state index in [0.717, 1.165) is 13.1 Å². The van der Waals surface area contributed by atoms with E-state index in [9.17, 15) is 9.90 Å². The molecule has 0 aromatic rings. The minimum absolute atomic E-state index is 0.250. The molecule has 1 aliphatic heterocycles. The van der Waals surface area contributed by atoms with Crippen LogP contribution in [0.1, 0.15) is 20.8 Å². The van der Waals surface area contributed by atoms with Crippen molar-refractivity contribution in [2.75, 3.05) is 46.8 Å². The third kappa shape index (κ3) is 5.76. The van der Waals surface area contributed by atoms with Crippen molar-refractivity contribution in [3.05, 3.63) is 0 Å². The van der Waals surface area contributed by atoms with Crippen molar-refractivity contribution in [2.24, 2.45) is 0 Å². The molecule has 19 heavy (non-hydrogen) atoms. The zero-order valence-electron chi connectivity index (χ0n) is 12.7. The van der Waals surface area contributed by atoms with Gasteiger partial charge in [0.15, 0.2) is 0 Å². The summed E-state index contributed by atoms with van der Waals surface area (Å²) in [6.07, 6.45) is -0.714. The summed E-state index contributed by atoms with van der Waals surface area (Å²) in [5.41, 5.74) is -0.449. The molecule has 0 spiro atoms. The number of piperazine rings is 1. The van der Waals surface area contributed by atoms with Gasteiger partial charge >= 0.3 is 6.09 Å². The molecule has 0 aliphatic carbocycles. The lowest BCUT2D eigenvalue weighted by molar-refractivity contribution is -0.0123. The molecule has 1 fully saturated rings. The van der Waals surface area contributed by atoms with Crippen LogP contribution in [-0.2, 0) is 4.74 Å². The Morgan fingerprint density at radius 1 is 1.26 bits per heavy atom. The zero-order valence-corrected chi connectivity index (χ0v) is 12.7. The van der Waals surface area contributed by atoms with Crippen LogP contribution < -0.4 is 0 Å². The maximum Gasteiger partial charge on any atom is 0.410 e. The van der Waals surface area contributed by atoms with Gasteiger partial charge in [-0.1, -0.05) is 0 Å². The molecule has 1 N–H and O–H groups in total. The van der Waals surface area contributed by atoms with E-state index in [1.54, 1.807) is 9.80 Å². The first-order valence-electron chi connectivity index (χ1n) is 6.74. The van der Waals surface area contributed by atoms with Crippen LogP contribution in [0.25, 0.3) is 0 Å². The molecular weight excluding hydrogens is 246 g/mol. The van der Waals surface area contributed by atoms with Crippen molar-refractivity contribution in [3.63, 3.8) is 0 Å². The summed E-state index contributed by atoms with van der Waals surface area (Å²) >= 11 is 0. The number of nitrogens with zero attached hydrogens (tertiary/aromatic N) is 3. The van der Waals surface area contributed by atoms with E-state index < -0.39 is 11.8 Å². The first-order chi connectivity index (χ1) is 8.69. The Hall–Kier alpha value is -0.850. The number of hydrogen-bond donors (Lipinski definition) is 1. The van der Waals surface area contributed by atoms with Crippen LogP contribution >= 0.6 is 0 Å². The highest BCUT2D eigenvalue weighted by molar-refractivity contribution is 5.68. The van der Waals surface area contributed by atoms with Gasteiger partial charge in [0.1, 0.15) is 11.8 Å². The Kier molecular flexibility index (Phi) is 5.58. The molecule has 1 rings (SSSR count). The fraction of sp³-hybridized carbons (Fsp3) is 0.923. The average Bonchev–Trinajstić information content (AvgIpc) is 2.27. The van der Waals surface area contributed by atoms with E-state index in [4.69, 9.17) is 4.74 Å². The summed E-state index contributed by atoms with van der Waals surface area (Å²) in [6, 6.07) is 0. The van der Waals surface area contributed by atoms with Crippen LogP contribution in [0.15, 0.2) is 0 Å². The van der Waals surface area contributed by atoms with Gasteiger partial charge in [0.05, 0.1) is 0 Å². The van der Waals surface area contributed by atoms with Crippen molar-refractivity contribution < 1.29 is 14.6 Å². The number of carbonyl (C=O) groups excluding carboxylic acids is 1.